The van der Waals surface area contributed by atoms with Crippen LogP contribution in [0.15, 0.2) is 111 Å². The molecular formula is C58H69FO15. The zero-order valence-corrected chi connectivity index (χ0v) is 42.4. The van der Waals surface area contributed by atoms with Gasteiger partial charge >= 0.3 is 41.8 Å². The van der Waals surface area contributed by atoms with Crippen LogP contribution in [-0.4, -0.2) is 81.4 Å². The van der Waals surface area contributed by atoms with Crippen molar-refractivity contribution in [2.75, 3.05) is 39.6 Å². The van der Waals surface area contributed by atoms with Crippen molar-refractivity contribution in [2.24, 2.45) is 23.7 Å². The summed E-state index contributed by atoms with van der Waals surface area (Å²) in [5.41, 5.74) is 1.95. The highest BCUT2D eigenvalue weighted by Gasteiger charge is 2.35. The number of carbonyl (C=O) groups excluding carboxylic acids is 7. The van der Waals surface area contributed by atoms with Crippen LogP contribution < -0.4 is 9.47 Å². The molecule has 5 rings (SSSR count). The van der Waals surface area contributed by atoms with Gasteiger partial charge in [0.1, 0.15) is 12.4 Å². The molecule has 0 N–H and O–H groups in total. The van der Waals surface area contributed by atoms with Gasteiger partial charge in [-0.2, -0.15) is 0 Å². The van der Waals surface area contributed by atoms with Crippen LogP contribution in [0.3, 0.4) is 0 Å². The smallest absolute Gasteiger partial charge is 0.336 e. The minimum atomic E-state index is -0.689. The molecule has 2 fully saturated rings. The lowest BCUT2D eigenvalue weighted by molar-refractivity contribution is -0.152. The highest BCUT2D eigenvalue weighted by molar-refractivity contribution is 5.91. The summed E-state index contributed by atoms with van der Waals surface area (Å²) in [5.74, 6) is -2.22. The fraction of sp³-hybridized carbons (Fsp3) is 0.431. The maximum absolute atomic E-state index is 14.3. The van der Waals surface area contributed by atoms with Crippen LogP contribution in [0.2, 0.25) is 0 Å². The van der Waals surface area contributed by atoms with Crippen molar-refractivity contribution >= 4 is 58.6 Å². The number of rotatable bonds is 27. The Kier molecular flexibility index (Phi) is 26.1. The van der Waals surface area contributed by atoms with E-state index in [1.165, 1.54) is 18.2 Å². The largest absolute Gasteiger partial charge is 0.490 e. The van der Waals surface area contributed by atoms with E-state index in [2.05, 4.69) is 26.3 Å². The van der Waals surface area contributed by atoms with Crippen LogP contribution in [0.5, 0.6) is 11.5 Å². The number of unbranched alkanes of at least 4 members (excludes halogenated alkanes) is 2. The Hall–Kier alpha value is -7.36. The SMILES string of the molecule is C=CC(=O)OCCCCOC(=O)C1CCC(C2CCC(C(=O)OCCCCOC(=O)C=C)CC2)CC1.C=CC(=O)OCCCOc1ccc(OC(=O)/C=C/c2ccc3cc(COC(=O)C(=C)C)ccc3c2)cc1F. The summed E-state index contributed by atoms with van der Waals surface area (Å²) in [5, 5.41) is 1.89. The summed E-state index contributed by atoms with van der Waals surface area (Å²) in [6.07, 6.45) is 16.8. The topological polar surface area (TPSA) is 193 Å². The van der Waals surface area contributed by atoms with Crippen molar-refractivity contribution in [3.63, 3.8) is 0 Å². The standard InChI is InChI=1S/C30H27FO7.C28H42O8/c1-4-28(32)36-15-5-14-35-27-12-11-25(18-26(27)31)38-29(33)13-8-21-6-9-24-17-22(7-10-23(24)16-21)19-37-30(34)20(2)3;1-3-25(29)33-17-5-7-19-35-27(31)23-13-9-21(10-14-23)22-11-15-24(16-12-22)28(32)36-20-8-6-18-34-26(30)4-2/h4,6-13,16-18H,1-2,5,14-15,19H2,3H3;3-4,21-24H,1-2,5-20H2/b13-8+;. The van der Waals surface area contributed by atoms with Crippen molar-refractivity contribution < 1.29 is 75.8 Å². The monoisotopic (exact) mass is 1020 g/mol. The van der Waals surface area contributed by atoms with E-state index in [9.17, 15) is 38.0 Å². The number of hydrogen-bond acceptors (Lipinski definition) is 15. The molecule has 16 heteroatoms. The van der Waals surface area contributed by atoms with Gasteiger partial charge in [0.05, 0.1) is 51.5 Å². The summed E-state index contributed by atoms with van der Waals surface area (Å²) >= 11 is 0. The van der Waals surface area contributed by atoms with Gasteiger partial charge < -0.3 is 37.9 Å². The normalized spacial score (nSPS) is 17.0. The molecule has 0 saturated heterocycles. The molecule has 0 heterocycles. The molecule has 15 nitrogen and oxygen atoms in total. The number of halogens is 1. The average Bonchev–Trinajstić information content (AvgIpc) is 3.41. The Morgan fingerprint density at radius 3 is 1.54 bits per heavy atom. The van der Waals surface area contributed by atoms with Crippen LogP contribution in [0.4, 0.5) is 4.39 Å². The Bertz CT molecular complexity index is 2380. The van der Waals surface area contributed by atoms with Crippen molar-refractivity contribution in [2.45, 2.75) is 97.0 Å². The van der Waals surface area contributed by atoms with E-state index >= 15 is 0 Å². The van der Waals surface area contributed by atoms with Crippen LogP contribution >= 0.6 is 0 Å². The molecule has 0 aliphatic heterocycles. The lowest BCUT2D eigenvalue weighted by atomic mass is 9.69. The molecule has 398 valence electrons. The molecular weight excluding hydrogens is 956 g/mol. The van der Waals surface area contributed by atoms with Gasteiger partial charge in [-0.05, 0) is 148 Å². The molecule has 0 aromatic heterocycles. The molecule has 0 spiro atoms. The van der Waals surface area contributed by atoms with Gasteiger partial charge in [-0.25, -0.2) is 28.4 Å². The zero-order valence-electron chi connectivity index (χ0n) is 42.4. The summed E-state index contributed by atoms with van der Waals surface area (Å²) in [7, 11) is 0. The third kappa shape index (κ3) is 21.8. The Morgan fingerprint density at radius 1 is 0.554 bits per heavy atom. The molecule has 2 aliphatic carbocycles. The van der Waals surface area contributed by atoms with Crippen molar-refractivity contribution in [3.05, 3.63) is 128 Å². The van der Waals surface area contributed by atoms with E-state index in [-0.39, 0.29) is 55.1 Å². The summed E-state index contributed by atoms with van der Waals surface area (Å²) < 4.78 is 55.4. The highest BCUT2D eigenvalue weighted by atomic mass is 19.1. The molecule has 0 radical (unpaired) electrons. The van der Waals surface area contributed by atoms with E-state index < -0.39 is 35.7 Å². The second-order valence-corrected chi connectivity index (χ2v) is 17.9. The second kappa shape index (κ2) is 32.7. The summed E-state index contributed by atoms with van der Waals surface area (Å²) in [6, 6.07) is 15.1. The van der Waals surface area contributed by atoms with Crippen LogP contribution in [0.25, 0.3) is 16.8 Å². The molecule has 0 bridgehead atoms. The first-order valence-corrected chi connectivity index (χ1v) is 25.1. The van der Waals surface area contributed by atoms with Crippen LogP contribution in [0.1, 0.15) is 102 Å². The van der Waals surface area contributed by atoms with Gasteiger partial charge in [-0.3, -0.25) is 9.59 Å². The van der Waals surface area contributed by atoms with Gasteiger partial charge in [0.15, 0.2) is 11.6 Å². The van der Waals surface area contributed by atoms with E-state index in [0.29, 0.717) is 75.9 Å². The van der Waals surface area contributed by atoms with E-state index in [1.807, 2.05) is 36.4 Å². The first-order chi connectivity index (χ1) is 35.7. The summed E-state index contributed by atoms with van der Waals surface area (Å²) in [6.45, 7) is 16.9. The van der Waals surface area contributed by atoms with Gasteiger partial charge in [0.2, 0.25) is 0 Å². The van der Waals surface area contributed by atoms with Crippen LogP contribution in [0, 0.1) is 29.5 Å². The number of benzene rings is 3. The number of hydrogen-bond donors (Lipinski definition) is 0. The third-order valence-corrected chi connectivity index (χ3v) is 12.4. The first-order valence-electron chi connectivity index (χ1n) is 25.1. The maximum Gasteiger partial charge on any atom is 0.336 e. The maximum atomic E-state index is 14.3. The molecule has 0 unspecified atom stereocenters. The second-order valence-electron chi connectivity index (χ2n) is 17.9. The fourth-order valence-corrected chi connectivity index (χ4v) is 8.33. The van der Waals surface area contributed by atoms with E-state index in [4.69, 9.17) is 37.9 Å². The lowest BCUT2D eigenvalue weighted by Gasteiger charge is -2.36. The minimum Gasteiger partial charge on any atom is -0.490 e. The first kappa shape index (κ1) is 59.2. The van der Waals surface area contributed by atoms with Gasteiger partial charge in [-0.1, -0.05) is 50.6 Å². The Labute approximate surface area is 432 Å². The molecule has 0 atom stereocenters. The van der Waals surface area contributed by atoms with E-state index in [1.54, 1.807) is 13.0 Å². The molecule has 3 aromatic rings. The van der Waals surface area contributed by atoms with Gasteiger partial charge in [0, 0.05) is 42.4 Å². The number of esters is 7. The molecule has 3 aromatic carbocycles. The van der Waals surface area contributed by atoms with Crippen LogP contribution in [-0.2, 0) is 68.6 Å². The highest BCUT2D eigenvalue weighted by Crippen LogP contribution is 2.42. The number of carbonyl (C=O) groups is 7. The third-order valence-electron chi connectivity index (χ3n) is 12.4. The number of ether oxygens (including phenoxy) is 8. The Morgan fingerprint density at radius 2 is 1.04 bits per heavy atom. The average molecular weight is 1030 g/mol. The van der Waals surface area contributed by atoms with Gasteiger partial charge in [-0.15, -0.1) is 0 Å². The lowest BCUT2D eigenvalue weighted by Crippen LogP contribution is -2.31. The van der Waals surface area contributed by atoms with Crippen molar-refractivity contribution in [1.29, 1.82) is 0 Å². The summed E-state index contributed by atoms with van der Waals surface area (Å²) in [4.78, 5) is 81.5. The molecule has 0 amide bonds. The van der Waals surface area contributed by atoms with E-state index in [0.717, 1.165) is 97.6 Å². The quantitative estimate of drug-likeness (QED) is 0.0230. The zero-order chi connectivity index (χ0) is 53.7. The Balaban J connectivity index is 0.000000321. The molecule has 2 aliphatic rings. The predicted octanol–water partition coefficient (Wildman–Crippen LogP) is 10.4. The van der Waals surface area contributed by atoms with Crippen molar-refractivity contribution in [3.8, 4) is 11.5 Å². The molecule has 74 heavy (non-hydrogen) atoms. The number of fused-ring (bicyclic) bond motifs is 1. The van der Waals surface area contributed by atoms with Crippen molar-refractivity contribution in [1.82, 2.24) is 0 Å². The minimum absolute atomic E-state index is 0.0105. The fourth-order valence-electron chi connectivity index (χ4n) is 8.33. The predicted molar refractivity (Wildman–Crippen MR) is 274 cm³/mol. The molecule has 2 saturated carbocycles. The van der Waals surface area contributed by atoms with Gasteiger partial charge in [0.25, 0.3) is 0 Å².